The molecule has 0 aliphatic rings. The van der Waals surface area contributed by atoms with Crippen LogP contribution in [0.5, 0.6) is 0 Å². The lowest BCUT2D eigenvalue weighted by molar-refractivity contribution is 1.04. The van der Waals surface area contributed by atoms with E-state index in [1.165, 1.54) is 0 Å². The predicted molar refractivity (Wildman–Crippen MR) is 93.4 cm³/mol. The zero-order valence-corrected chi connectivity index (χ0v) is 12.8. The number of hydrogen-bond donors (Lipinski definition) is 3. The highest BCUT2D eigenvalue weighted by molar-refractivity contribution is 5.59. The first-order chi connectivity index (χ1) is 11.8. The van der Waals surface area contributed by atoms with Crippen LogP contribution in [0, 0.1) is 11.3 Å². The molecule has 1 heterocycles. The molecule has 0 radical (unpaired) electrons. The number of benzene rings is 2. The summed E-state index contributed by atoms with van der Waals surface area (Å²) < 4.78 is 0. The molecule has 0 aliphatic carbocycles. The number of nitrogens with one attached hydrogen (secondary N) is 3. The molecule has 0 fully saturated rings. The lowest BCUT2D eigenvalue weighted by atomic mass is 10.3. The Balaban J connectivity index is 1.87. The average molecular weight is 317 g/mol. The van der Waals surface area contributed by atoms with Crippen molar-refractivity contribution in [1.29, 1.82) is 5.26 Å². The number of hydrogen-bond acceptors (Lipinski definition) is 7. The van der Waals surface area contributed by atoms with Gasteiger partial charge in [0.1, 0.15) is 6.54 Å². The van der Waals surface area contributed by atoms with Gasteiger partial charge in [-0.2, -0.15) is 20.2 Å². The van der Waals surface area contributed by atoms with Gasteiger partial charge in [0.2, 0.25) is 17.8 Å². The molecule has 0 unspecified atom stereocenters. The summed E-state index contributed by atoms with van der Waals surface area (Å²) in [5, 5.41) is 17.8. The van der Waals surface area contributed by atoms with E-state index in [0.29, 0.717) is 17.8 Å². The normalized spacial score (nSPS) is 9.79. The minimum Gasteiger partial charge on any atom is -0.341 e. The van der Waals surface area contributed by atoms with Gasteiger partial charge in [-0.05, 0) is 24.3 Å². The second-order valence-electron chi connectivity index (χ2n) is 4.80. The van der Waals surface area contributed by atoms with Gasteiger partial charge in [0.05, 0.1) is 6.07 Å². The highest BCUT2D eigenvalue weighted by Crippen LogP contribution is 2.18. The summed E-state index contributed by atoms with van der Waals surface area (Å²) in [5.41, 5.74) is 1.72. The van der Waals surface area contributed by atoms with Crippen LogP contribution in [0.2, 0.25) is 0 Å². The molecule has 0 aliphatic heterocycles. The topological polar surface area (TPSA) is 98.5 Å². The molecule has 2 aromatic carbocycles. The SMILES string of the molecule is N#CCNc1nc(Nc2ccccc2)nc(Nc2ccccc2)n1. The Morgan fingerprint density at radius 1 is 0.708 bits per heavy atom. The minimum atomic E-state index is 0.111. The summed E-state index contributed by atoms with van der Waals surface area (Å²) >= 11 is 0. The second-order valence-corrected chi connectivity index (χ2v) is 4.80. The molecule has 0 bridgehead atoms. The van der Waals surface area contributed by atoms with Gasteiger partial charge in [-0.1, -0.05) is 36.4 Å². The van der Waals surface area contributed by atoms with E-state index < -0.39 is 0 Å². The summed E-state index contributed by atoms with van der Waals surface area (Å²) in [4.78, 5) is 12.9. The lowest BCUT2D eigenvalue weighted by Crippen LogP contribution is -2.09. The molecule has 118 valence electrons. The van der Waals surface area contributed by atoms with Crippen molar-refractivity contribution in [3.8, 4) is 6.07 Å². The maximum Gasteiger partial charge on any atom is 0.233 e. The molecule has 7 nitrogen and oxygen atoms in total. The first-order valence-corrected chi connectivity index (χ1v) is 7.34. The third-order valence-corrected chi connectivity index (χ3v) is 3.02. The van der Waals surface area contributed by atoms with Crippen LogP contribution in [0.15, 0.2) is 60.7 Å². The Kier molecular flexibility index (Phi) is 4.80. The van der Waals surface area contributed by atoms with Gasteiger partial charge >= 0.3 is 0 Å². The summed E-state index contributed by atoms with van der Waals surface area (Å²) in [7, 11) is 0. The third kappa shape index (κ3) is 4.18. The molecule has 3 N–H and O–H groups in total. The van der Waals surface area contributed by atoms with Crippen molar-refractivity contribution in [1.82, 2.24) is 15.0 Å². The van der Waals surface area contributed by atoms with Crippen molar-refractivity contribution >= 4 is 29.2 Å². The Hall–Kier alpha value is -3.66. The zero-order chi connectivity index (χ0) is 16.6. The zero-order valence-electron chi connectivity index (χ0n) is 12.8. The molecule has 0 spiro atoms. The Morgan fingerprint density at radius 3 is 1.62 bits per heavy atom. The van der Waals surface area contributed by atoms with Crippen molar-refractivity contribution in [3.05, 3.63) is 60.7 Å². The van der Waals surface area contributed by atoms with Crippen molar-refractivity contribution in [2.45, 2.75) is 0 Å². The van der Waals surface area contributed by atoms with Gasteiger partial charge in [-0.3, -0.25) is 0 Å². The fourth-order valence-electron chi connectivity index (χ4n) is 1.99. The van der Waals surface area contributed by atoms with Gasteiger partial charge in [0.15, 0.2) is 0 Å². The van der Waals surface area contributed by atoms with Gasteiger partial charge in [0.25, 0.3) is 0 Å². The molecule has 0 saturated heterocycles. The smallest absolute Gasteiger partial charge is 0.233 e. The number of nitrogens with zero attached hydrogens (tertiary/aromatic N) is 4. The van der Waals surface area contributed by atoms with E-state index >= 15 is 0 Å². The molecule has 24 heavy (non-hydrogen) atoms. The average Bonchev–Trinajstić information content (AvgIpc) is 2.61. The molecule has 7 heteroatoms. The van der Waals surface area contributed by atoms with E-state index in [1.807, 2.05) is 66.7 Å². The van der Waals surface area contributed by atoms with Crippen molar-refractivity contribution < 1.29 is 0 Å². The second kappa shape index (κ2) is 7.56. The molecular formula is C17H15N7. The summed E-state index contributed by atoms with van der Waals surface area (Å²) in [6.45, 7) is 0.111. The van der Waals surface area contributed by atoms with E-state index in [2.05, 4.69) is 30.9 Å². The van der Waals surface area contributed by atoms with E-state index in [4.69, 9.17) is 5.26 Å². The standard InChI is InChI=1S/C17H15N7/c18-11-12-19-15-22-16(20-13-7-3-1-4-8-13)24-17(23-15)21-14-9-5-2-6-10-14/h1-10H,12H2,(H3,19,20,21,22,23,24). The Morgan fingerprint density at radius 2 is 1.17 bits per heavy atom. The maximum atomic E-state index is 8.72. The van der Waals surface area contributed by atoms with E-state index in [0.717, 1.165) is 11.4 Å². The largest absolute Gasteiger partial charge is 0.341 e. The fourth-order valence-corrected chi connectivity index (χ4v) is 1.99. The number of anilines is 5. The van der Waals surface area contributed by atoms with Crippen LogP contribution < -0.4 is 16.0 Å². The third-order valence-electron chi connectivity index (χ3n) is 3.02. The summed E-state index contributed by atoms with van der Waals surface area (Å²) in [5.74, 6) is 1.09. The molecule has 3 rings (SSSR count). The van der Waals surface area contributed by atoms with Crippen molar-refractivity contribution in [3.63, 3.8) is 0 Å². The molecule has 1 aromatic heterocycles. The van der Waals surface area contributed by atoms with Crippen LogP contribution in [0.4, 0.5) is 29.2 Å². The van der Waals surface area contributed by atoms with E-state index in [-0.39, 0.29) is 6.54 Å². The molecule has 3 aromatic rings. The van der Waals surface area contributed by atoms with Crippen LogP contribution in [0.25, 0.3) is 0 Å². The van der Waals surface area contributed by atoms with Gasteiger partial charge < -0.3 is 16.0 Å². The van der Waals surface area contributed by atoms with E-state index in [1.54, 1.807) is 0 Å². The van der Waals surface area contributed by atoms with Gasteiger partial charge in [-0.15, -0.1) is 0 Å². The first-order valence-electron chi connectivity index (χ1n) is 7.34. The van der Waals surface area contributed by atoms with Crippen molar-refractivity contribution in [2.24, 2.45) is 0 Å². The van der Waals surface area contributed by atoms with Crippen molar-refractivity contribution in [2.75, 3.05) is 22.5 Å². The number of rotatable bonds is 6. The van der Waals surface area contributed by atoms with Crippen LogP contribution in [0.1, 0.15) is 0 Å². The van der Waals surface area contributed by atoms with Gasteiger partial charge in [-0.25, -0.2) is 0 Å². The fraction of sp³-hybridized carbons (Fsp3) is 0.0588. The van der Waals surface area contributed by atoms with Crippen LogP contribution in [-0.4, -0.2) is 21.5 Å². The minimum absolute atomic E-state index is 0.111. The van der Waals surface area contributed by atoms with Crippen LogP contribution >= 0.6 is 0 Å². The summed E-state index contributed by atoms with van der Waals surface area (Å²) in [6, 6.07) is 21.2. The molecular weight excluding hydrogens is 302 g/mol. The number of aromatic nitrogens is 3. The van der Waals surface area contributed by atoms with Crippen LogP contribution in [-0.2, 0) is 0 Å². The highest BCUT2D eigenvalue weighted by atomic mass is 15.3. The number of para-hydroxylation sites is 2. The predicted octanol–water partition coefficient (Wildman–Crippen LogP) is 3.29. The van der Waals surface area contributed by atoms with Gasteiger partial charge in [0, 0.05) is 11.4 Å². The highest BCUT2D eigenvalue weighted by Gasteiger charge is 2.07. The molecule has 0 saturated carbocycles. The Labute approximate surface area is 139 Å². The van der Waals surface area contributed by atoms with Crippen LogP contribution in [0.3, 0.4) is 0 Å². The summed E-state index contributed by atoms with van der Waals surface area (Å²) in [6.07, 6.45) is 0. The number of nitriles is 1. The van der Waals surface area contributed by atoms with E-state index in [9.17, 15) is 0 Å². The Bertz CT molecular complexity index is 769. The molecule has 0 atom stereocenters. The monoisotopic (exact) mass is 317 g/mol. The lowest BCUT2D eigenvalue weighted by Gasteiger charge is -2.10. The molecule has 0 amide bonds. The maximum absolute atomic E-state index is 8.72. The first kappa shape index (κ1) is 15.2. The quantitative estimate of drug-likeness (QED) is 0.600.